The van der Waals surface area contributed by atoms with Crippen molar-refractivity contribution in [3.63, 3.8) is 0 Å². The van der Waals surface area contributed by atoms with Crippen molar-refractivity contribution in [3.05, 3.63) is 95.2 Å². The number of allylic oxidation sites excluding steroid dienone is 1. The van der Waals surface area contributed by atoms with Crippen LogP contribution in [0.25, 0.3) is 0 Å². The van der Waals surface area contributed by atoms with Crippen LogP contribution in [-0.2, 0) is 16.0 Å². The Hall–Kier alpha value is -4.06. The SMILES string of the molecule is COc1ccc(OC)c([C@@H]2C3=C(CC(C)(C)CC3=O)Nc3ccccc3N2C(=O)Cc2ccccc2)c1. The highest BCUT2D eigenvalue weighted by molar-refractivity contribution is 6.07. The van der Waals surface area contributed by atoms with Gasteiger partial charge < -0.3 is 14.8 Å². The van der Waals surface area contributed by atoms with Gasteiger partial charge in [0.2, 0.25) is 5.91 Å². The zero-order valence-electron chi connectivity index (χ0n) is 21.7. The molecule has 1 heterocycles. The van der Waals surface area contributed by atoms with Crippen LogP contribution in [-0.4, -0.2) is 25.9 Å². The monoisotopic (exact) mass is 496 g/mol. The number of methoxy groups -OCH3 is 2. The zero-order valence-corrected chi connectivity index (χ0v) is 21.7. The normalized spacial score (nSPS) is 18.3. The molecule has 0 radical (unpaired) electrons. The first-order valence-electron chi connectivity index (χ1n) is 12.5. The van der Waals surface area contributed by atoms with Gasteiger partial charge in [-0.1, -0.05) is 56.3 Å². The fraction of sp³-hybridized carbons (Fsp3) is 0.290. The lowest BCUT2D eigenvalue weighted by Gasteiger charge is -2.37. The van der Waals surface area contributed by atoms with E-state index < -0.39 is 6.04 Å². The van der Waals surface area contributed by atoms with Crippen LogP contribution in [0.5, 0.6) is 11.5 Å². The fourth-order valence-electron chi connectivity index (χ4n) is 5.47. The molecule has 2 aliphatic rings. The number of ketones is 1. The van der Waals surface area contributed by atoms with Crippen molar-refractivity contribution in [1.29, 1.82) is 0 Å². The van der Waals surface area contributed by atoms with Gasteiger partial charge in [-0.05, 0) is 47.7 Å². The number of carbonyl (C=O) groups excluding carboxylic acids is 2. The van der Waals surface area contributed by atoms with E-state index in [4.69, 9.17) is 9.47 Å². The van der Waals surface area contributed by atoms with Gasteiger partial charge in [-0.25, -0.2) is 0 Å². The van der Waals surface area contributed by atoms with Gasteiger partial charge in [0.15, 0.2) is 5.78 Å². The molecule has 0 saturated heterocycles. The topological polar surface area (TPSA) is 67.9 Å². The molecule has 0 aromatic heterocycles. The van der Waals surface area contributed by atoms with Crippen molar-refractivity contribution < 1.29 is 19.1 Å². The summed E-state index contributed by atoms with van der Waals surface area (Å²) in [6.45, 7) is 4.21. The quantitative estimate of drug-likeness (QED) is 0.463. The molecule has 6 nitrogen and oxygen atoms in total. The highest BCUT2D eigenvalue weighted by atomic mass is 16.5. The Morgan fingerprint density at radius 1 is 0.973 bits per heavy atom. The van der Waals surface area contributed by atoms with E-state index in [1.54, 1.807) is 19.1 Å². The molecule has 5 rings (SSSR count). The second-order valence-corrected chi connectivity index (χ2v) is 10.4. The van der Waals surface area contributed by atoms with E-state index >= 15 is 0 Å². The molecule has 1 amide bonds. The third-order valence-electron chi connectivity index (χ3n) is 7.10. The molecule has 6 heteroatoms. The van der Waals surface area contributed by atoms with Crippen LogP contribution in [0.15, 0.2) is 84.1 Å². The van der Waals surface area contributed by atoms with E-state index in [9.17, 15) is 9.59 Å². The number of nitrogens with zero attached hydrogens (tertiary/aromatic N) is 1. The summed E-state index contributed by atoms with van der Waals surface area (Å²) >= 11 is 0. The molecule has 3 aromatic rings. The van der Waals surface area contributed by atoms with Crippen LogP contribution in [0.4, 0.5) is 11.4 Å². The molecule has 1 N–H and O–H groups in total. The Morgan fingerprint density at radius 2 is 1.70 bits per heavy atom. The number of Topliss-reactive ketones (excluding diaryl/α,β-unsaturated/α-hetero) is 1. The van der Waals surface area contributed by atoms with Crippen LogP contribution >= 0.6 is 0 Å². The average Bonchev–Trinajstić information content (AvgIpc) is 3.02. The summed E-state index contributed by atoms with van der Waals surface area (Å²) in [5, 5.41) is 3.55. The molecule has 0 spiro atoms. The minimum Gasteiger partial charge on any atom is -0.497 e. The number of benzene rings is 3. The van der Waals surface area contributed by atoms with E-state index in [1.165, 1.54) is 0 Å². The summed E-state index contributed by atoms with van der Waals surface area (Å²) in [5.74, 6) is 1.13. The van der Waals surface area contributed by atoms with Gasteiger partial charge in [0, 0.05) is 23.3 Å². The van der Waals surface area contributed by atoms with Gasteiger partial charge in [0.25, 0.3) is 0 Å². The van der Waals surface area contributed by atoms with Crippen molar-refractivity contribution in [2.45, 2.75) is 39.2 Å². The van der Waals surface area contributed by atoms with Crippen LogP contribution in [0, 0.1) is 5.41 Å². The zero-order chi connectivity index (χ0) is 26.2. The third kappa shape index (κ3) is 4.71. The van der Waals surface area contributed by atoms with E-state index in [2.05, 4.69) is 19.2 Å². The molecule has 1 aliphatic heterocycles. The maximum atomic E-state index is 14.2. The van der Waals surface area contributed by atoms with Crippen molar-refractivity contribution >= 4 is 23.1 Å². The standard InChI is InChI=1S/C31H32N2O4/c1-31(2)18-24-29(26(34)19-31)30(22-17-21(36-3)14-15-27(22)37-4)33(25-13-9-8-12-23(25)32-24)28(35)16-20-10-6-5-7-11-20/h5-15,17,30,32H,16,18-19H2,1-4H3/t30-/m1/s1. The number of hydrogen-bond acceptors (Lipinski definition) is 5. The van der Waals surface area contributed by atoms with Crippen molar-refractivity contribution in [3.8, 4) is 11.5 Å². The van der Waals surface area contributed by atoms with Gasteiger partial charge in [-0.2, -0.15) is 0 Å². The Bertz CT molecular complexity index is 1380. The van der Waals surface area contributed by atoms with E-state index in [0.29, 0.717) is 35.5 Å². The molecule has 37 heavy (non-hydrogen) atoms. The Morgan fingerprint density at radius 3 is 2.43 bits per heavy atom. The minimum absolute atomic E-state index is 0.0268. The lowest BCUT2D eigenvalue weighted by molar-refractivity contribution is -0.119. The van der Waals surface area contributed by atoms with Gasteiger partial charge >= 0.3 is 0 Å². The second kappa shape index (κ2) is 9.77. The number of carbonyl (C=O) groups is 2. The largest absolute Gasteiger partial charge is 0.497 e. The molecule has 0 fully saturated rings. The summed E-state index contributed by atoms with van der Waals surface area (Å²) < 4.78 is 11.3. The van der Waals surface area contributed by atoms with Crippen LogP contribution in [0.1, 0.15) is 43.9 Å². The van der Waals surface area contributed by atoms with Crippen molar-refractivity contribution in [2.24, 2.45) is 5.41 Å². The summed E-state index contributed by atoms with van der Waals surface area (Å²) in [4.78, 5) is 29.9. The number of amides is 1. The van der Waals surface area contributed by atoms with E-state index in [0.717, 1.165) is 22.6 Å². The molecule has 0 bridgehead atoms. The maximum Gasteiger partial charge on any atom is 0.232 e. The van der Waals surface area contributed by atoms with Gasteiger partial charge in [0.05, 0.1) is 38.1 Å². The molecule has 3 aromatic carbocycles. The number of para-hydroxylation sites is 2. The fourth-order valence-corrected chi connectivity index (χ4v) is 5.47. The maximum absolute atomic E-state index is 14.2. The lowest BCUT2D eigenvalue weighted by Crippen LogP contribution is -2.40. The predicted molar refractivity (Wildman–Crippen MR) is 145 cm³/mol. The molecule has 0 unspecified atom stereocenters. The van der Waals surface area contributed by atoms with Crippen LogP contribution < -0.4 is 19.7 Å². The summed E-state index contributed by atoms with van der Waals surface area (Å²) in [6, 6.07) is 22.3. The number of fused-ring (bicyclic) bond motifs is 1. The second-order valence-electron chi connectivity index (χ2n) is 10.4. The number of ether oxygens (including phenoxy) is 2. The number of hydrogen-bond donors (Lipinski definition) is 1. The molecule has 1 atom stereocenters. The molecule has 1 aliphatic carbocycles. The Kier molecular flexibility index (Phi) is 6.50. The van der Waals surface area contributed by atoms with Crippen LogP contribution in [0.3, 0.4) is 0 Å². The highest BCUT2D eigenvalue weighted by Gasteiger charge is 2.44. The Balaban J connectivity index is 1.78. The first-order valence-corrected chi connectivity index (χ1v) is 12.5. The van der Waals surface area contributed by atoms with Crippen molar-refractivity contribution in [2.75, 3.05) is 24.4 Å². The smallest absolute Gasteiger partial charge is 0.232 e. The summed E-state index contributed by atoms with van der Waals surface area (Å²) in [5.41, 5.74) is 4.38. The van der Waals surface area contributed by atoms with E-state index in [1.807, 2.05) is 72.8 Å². The lowest BCUT2D eigenvalue weighted by atomic mass is 9.73. The first kappa shape index (κ1) is 24.6. The van der Waals surface area contributed by atoms with Crippen LogP contribution in [0.2, 0.25) is 0 Å². The highest BCUT2D eigenvalue weighted by Crippen LogP contribution is 2.50. The Labute approximate surface area is 217 Å². The molecular weight excluding hydrogens is 464 g/mol. The van der Waals surface area contributed by atoms with Gasteiger partial charge in [-0.15, -0.1) is 0 Å². The molecule has 0 saturated carbocycles. The van der Waals surface area contributed by atoms with E-state index in [-0.39, 0.29) is 23.5 Å². The average molecular weight is 497 g/mol. The molecule has 190 valence electrons. The minimum atomic E-state index is -0.684. The number of anilines is 2. The van der Waals surface area contributed by atoms with Gasteiger partial charge in [0.1, 0.15) is 11.5 Å². The summed E-state index contributed by atoms with van der Waals surface area (Å²) in [6.07, 6.45) is 1.28. The summed E-state index contributed by atoms with van der Waals surface area (Å²) in [7, 11) is 3.21. The predicted octanol–water partition coefficient (Wildman–Crippen LogP) is 6.09. The number of nitrogens with one attached hydrogen (secondary N) is 1. The van der Waals surface area contributed by atoms with Gasteiger partial charge in [-0.3, -0.25) is 14.5 Å². The number of rotatable bonds is 5. The molecular formula is C31H32N2O4. The van der Waals surface area contributed by atoms with Crippen molar-refractivity contribution in [1.82, 2.24) is 0 Å². The first-order chi connectivity index (χ1) is 17.8. The third-order valence-corrected chi connectivity index (χ3v) is 7.10.